The van der Waals surface area contributed by atoms with E-state index in [0.29, 0.717) is 16.7 Å². The Morgan fingerprint density at radius 2 is 2.00 bits per heavy atom. The highest BCUT2D eigenvalue weighted by Crippen LogP contribution is 2.29. The lowest BCUT2D eigenvalue weighted by Crippen LogP contribution is -2.18. The first-order valence-corrected chi connectivity index (χ1v) is 11.4. The Morgan fingerprint density at radius 3 is 2.59 bits per heavy atom. The van der Waals surface area contributed by atoms with Gasteiger partial charge in [0.25, 0.3) is 5.91 Å². The van der Waals surface area contributed by atoms with E-state index < -0.39 is 37.5 Å². The summed E-state index contributed by atoms with van der Waals surface area (Å²) in [5, 5.41) is 11.2. The molecule has 0 radical (unpaired) electrons. The van der Waals surface area contributed by atoms with Gasteiger partial charge in [0.1, 0.15) is 5.69 Å². The van der Waals surface area contributed by atoms with E-state index in [0.717, 1.165) is 4.68 Å². The highest BCUT2D eigenvalue weighted by atomic mass is 32.2. The second kappa shape index (κ2) is 8.64. The molecule has 13 heteroatoms. The lowest BCUT2D eigenvalue weighted by atomic mass is 10.0. The topological polar surface area (TPSA) is 118 Å². The first-order chi connectivity index (χ1) is 15.0. The third-order valence-electron chi connectivity index (χ3n) is 4.24. The third kappa shape index (κ3) is 4.76. The monoisotopic (exact) mass is 481 g/mol. The van der Waals surface area contributed by atoms with E-state index >= 15 is 0 Å². The van der Waals surface area contributed by atoms with Crippen LogP contribution in [0, 0.1) is 11.3 Å². The van der Waals surface area contributed by atoms with Crippen molar-refractivity contribution in [3.8, 4) is 17.2 Å². The largest absolute Gasteiger partial charge is 0.445 e. The number of hydrogen-bond acceptors (Lipinski definition) is 7. The van der Waals surface area contributed by atoms with Crippen LogP contribution in [0.3, 0.4) is 0 Å². The summed E-state index contributed by atoms with van der Waals surface area (Å²) in [6.45, 7) is 1.38. The first-order valence-electron chi connectivity index (χ1n) is 8.90. The van der Waals surface area contributed by atoms with E-state index in [1.165, 1.54) is 32.3 Å². The SMILES string of the molecule is CCS(=O)(=O)c1cc(-c2cccc(C#N)c2)cnc1C(=O)N=c1sc(C(F)(F)F)nn1C. The second-order valence-corrected chi connectivity index (χ2v) is 9.60. The van der Waals surface area contributed by atoms with Crippen LogP contribution >= 0.6 is 11.3 Å². The van der Waals surface area contributed by atoms with E-state index in [4.69, 9.17) is 5.26 Å². The minimum absolute atomic E-state index is 0.144. The van der Waals surface area contributed by atoms with Crippen LogP contribution in [0.2, 0.25) is 0 Å². The number of aryl methyl sites for hydroxylation is 1. The zero-order valence-corrected chi connectivity index (χ0v) is 18.2. The summed E-state index contributed by atoms with van der Waals surface area (Å²) in [5.74, 6) is -1.47. The minimum Gasteiger partial charge on any atom is -0.265 e. The molecule has 0 bridgehead atoms. The molecule has 2 aromatic heterocycles. The summed E-state index contributed by atoms with van der Waals surface area (Å²) in [6.07, 6.45) is -3.48. The van der Waals surface area contributed by atoms with Crippen molar-refractivity contribution in [2.24, 2.45) is 12.0 Å². The van der Waals surface area contributed by atoms with Crippen LogP contribution < -0.4 is 4.80 Å². The van der Waals surface area contributed by atoms with Crippen LogP contribution in [0.1, 0.15) is 28.0 Å². The van der Waals surface area contributed by atoms with E-state index in [1.54, 1.807) is 18.2 Å². The summed E-state index contributed by atoms with van der Waals surface area (Å²) in [5.41, 5.74) is 0.668. The van der Waals surface area contributed by atoms with Crippen molar-refractivity contribution >= 4 is 27.1 Å². The predicted molar refractivity (Wildman–Crippen MR) is 108 cm³/mol. The molecule has 0 unspecified atom stereocenters. The van der Waals surface area contributed by atoms with Crippen molar-refractivity contribution in [1.29, 1.82) is 5.26 Å². The van der Waals surface area contributed by atoms with Gasteiger partial charge in [-0.15, -0.1) is 0 Å². The van der Waals surface area contributed by atoms with Gasteiger partial charge in [-0.3, -0.25) is 4.79 Å². The van der Waals surface area contributed by atoms with E-state index in [-0.39, 0.29) is 21.9 Å². The van der Waals surface area contributed by atoms with Crippen LogP contribution in [-0.2, 0) is 23.1 Å². The Labute approximate surface area is 184 Å². The molecule has 0 fully saturated rings. The van der Waals surface area contributed by atoms with Crippen molar-refractivity contribution in [2.45, 2.75) is 18.0 Å². The lowest BCUT2D eigenvalue weighted by molar-refractivity contribution is -0.138. The number of amides is 1. The molecule has 32 heavy (non-hydrogen) atoms. The molecule has 3 rings (SSSR count). The summed E-state index contributed by atoms with van der Waals surface area (Å²) in [4.78, 5) is 19.5. The van der Waals surface area contributed by atoms with Gasteiger partial charge in [0.2, 0.25) is 9.81 Å². The smallest absolute Gasteiger partial charge is 0.265 e. The summed E-state index contributed by atoms with van der Waals surface area (Å²) < 4.78 is 64.6. The average Bonchev–Trinajstić information content (AvgIpc) is 3.14. The first kappa shape index (κ1) is 23.3. The summed E-state index contributed by atoms with van der Waals surface area (Å²) >= 11 is 0.144. The van der Waals surface area contributed by atoms with Gasteiger partial charge in [0.15, 0.2) is 9.84 Å². The van der Waals surface area contributed by atoms with Gasteiger partial charge >= 0.3 is 6.18 Å². The Balaban J connectivity index is 2.15. The minimum atomic E-state index is -4.71. The molecule has 0 saturated carbocycles. The van der Waals surface area contributed by atoms with Gasteiger partial charge in [-0.05, 0) is 23.8 Å². The number of benzene rings is 1. The van der Waals surface area contributed by atoms with Crippen molar-refractivity contribution in [3.63, 3.8) is 0 Å². The number of halogens is 3. The fourth-order valence-electron chi connectivity index (χ4n) is 2.63. The Kier molecular flexibility index (Phi) is 6.29. The molecule has 1 aromatic carbocycles. The van der Waals surface area contributed by atoms with Crippen molar-refractivity contribution in [3.05, 3.63) is 57.6 Å². The Hall–Kier alpha value is -3.37. The van der Waals surface area contributed by atoms with Gasteiger partial charge in [0.05, 0.1) is 22.3 Å². The second-order valence-electron chi connectivity index (χ2n) is 6.39. The third-order valence-corrected chi connectivity index (χ3v) is 7.03. The van der Waals surface area contributed by atoms with Crippen LogP contribution in [0.4, 0.5) is 13.2 Å². The maximum absolute atomic E-state index is 12.9. The Morgan fingerprint density at radius 1 is 1.28 bits per heavy atom. The van der Waals surface area contributed by atoms with E-state index in [1.807, 2.05) is 6.07 Å². The predicted octanol–water partition coefficient (Wildman–Crippen LogP) is 2.97. The molecule has 2 heterocycles. The van der Waals surface area contributed by atoms with Gasteiger partial charge in [-0.1, -0.05) is 30.4 Å². The van der Waals surface area contributed by atoms with Gasteiger partial charge < -0.3 is 0 Å². The number of hydrogen-bond donors (Lipinski definition) is 0. The number of carbonyl (C=O) groups excluding carboxylic acids is 1. The molecule has 0 aliphatic rings. The maximum atomic E-state index is 12.9. The molecule has 0 aliphatic heterocycles. The number of carbonyl (C=O) groups is 1. The van der Waals surface area contributed by atoms with Crippen molar-refractivity contribution < 1.29 is 26.4 Å². The summed E-state index contributed by atoms with van der Waals surface area (Å²) in [7, 11) is -2.77. The number of pyridine rings is 1. The standard InChI is InChI=1S/C19H14F3N5O3S2/c1-3-32(29,30)14-8-13(12-6-4-5-11(7-12)9-23)10-24-15(14)16(28)25-18-27(2)26-17(31-18)19(20,21)22/h4-8,10H,3H2,1-2H3. The zero-order valence-electron chi connectivity index (χ0n) is 16.6. The van der Waals surface area contributed by atoms with Crippen LogP contribution in [0.5, 0.6) is 0 Å². The van der Waals surface area contributed by atoms with Crippen LogP contribution in [0.25, 0.3) is 11.1 Å². The van der Waals surface area contributed by atoms with Crippen molar-refractivity contribution in [2.75, 3.05) is 5.75 Å². The average molecular weight is 481 g/mol. The molecule has 0 N–H and O–H groups in total. The molecule has 0 spiro atoms. The lowest BCUT2D eigenvalue weighted by Gasteiger charge is -2.09. The zero-order chi connectivity index (χ0) is 23.7. The maximum Gasteiger partial charge on any atom is 0.445 e. The molecule has 166 valence electrons. The molecule has 0 atom stereocenters. The fraction of sp³-hybridized carbons (Fsp3) is 0.211. The normalized spacial score (nSPS) is 12.6. The summed E-state index contributed by atoms with van der Waals surface area (Å²) in [6, 6.07) is 9.56. The molecule has 0 aliphatic carbocycles. The Bertz CT molecular complexity index is 1420. The van der Waals surface area contributed by atoms with Gasteiger partial charge in [0, 0.05) is 18.8 Å². The molecule has 0 saturated heterocycles. The fourth-order valence-corrected chi connectivity index (χ4v) is 4.43. The number of aromatic nitrogens is 3. The number of nitriles is 1. The van der Waals surface area contributed by atoms with Gasteiger partial charge in [-0.25, -0.2) is 18.1 Å². The van der Waals surface area contributed by atoms with Crippen LogP contribution in [-0.4, -0.2) is 34.8 Å². The molecule has 8 nitrogen and oxygen atoms in total. The van der Waals surface area contributed by atoms with Gasteiger partial charge in [-0.2, -0.15) is 28.5 Å². The van der Waals surface area contributed by atoms with E-state index in [2.05, 4.69) is 15.1 Å². The molecular formula is C19H14F3N5O3S2. The number of rotatable bonds is 4. The van der Waals surface area contributed by atoms with Crippen molar-refractivity contribution in [1.82, 2.24) is 14.8 Å². The highest BCUT2D eigenvalue weighted by Gasteiger charge is 2.35. The highest BCUT2D eigenvalue weighted by molar-refractivity contribution is 7.91. The quantitative estimate of drug-likeness (QED) is 0.565. The number of sulfone groups is 1. The number of nitrogens with zero attached hydrogens (tertiary/aromatic N) is 5. The van der Waals surface area contributed by atoms with E-state index in [9.17, 15) is 26.4 Å². The molecular weight excluding hydrogens is 467 g/mol. The number of alkyl halides is 3. The van der Waals surface area contributed by atoms with Crippen LogP contribution in [0.15, 0.2) is 46.4 Å². The molecule has 3 aromatic rings. The molecule has 1 amide bonds.